The van der Waals surface area contributed by atoms with E-state index in [4.69, 9.17) is 4.98 Å². The summed E-state index contributed by atoms with van der Waals surface area (Å²) in [5, 5.41) is 3.24. The summed E-state index contributed by atoms with van der Waals surface area (Å²) in [6, 6.07) is 4.48. The molecule has 1 aromatic rings. The fourth-order valence-corrected chi connectivity index (χ4v) is 2.76. The van der Waals surface area contributed by atoms with E-state index in [0.717, 1.165) is 25.6 Å². The highest BCUT2D eigenvalue weighted by Crippen LogP contribution is 2.24. The van der Waals surface area contributed by atoms with Gasteiger partial charge in [-0.05, 0) is 49.4 Å². The minimum atomic E-state index is 0.484. The lowest BCUT2D eigenvalue weighted by Crippen LogP contribution is -2.35. The van der Waals surface area contributed by atoms with E-state index in [1.165, 1.54) is 29.9 Å². The van der Waals surface area contributed by atoms with Gasteiger partial charge in [0.25, 0.3) is 0 Å². The lowest BCUT2D eigenvalue weighted by molar-refractivity contribution is 0.444. The van der Waals surface area contributed by atoms with Gasteiger partial charge in [0, 0.05) is 25.3 Å². The SMILES string of the molecule is CNCc1cc(C(C)C)nc(N2CCCC(C)C2)c1. The van der Waals surface area contributed by atoms with Gasteiger partial charge in [0.2, 0.25) is 0 Å². The summed E-state index contributed by atoms with van der Waals surface area (Å²) in [5.41, 5.74) is 2.55. The van der Waals surface area contributed by atoms with E-state index >= 15 is 0 Å². The van der Waals surface area contributed by atoms with Crippen molar-refractivity contribution in [2.45, 2.75) is 46.1 Å². The van der Waals surface area contributed by atoms with Gasteiger partial charge in [0.15, 0.2) is 0 Å². The molecule has 1 aliphatic rings. The third kappa shape index (κ3) is 3.69. The Morgan fingerprint density at radius 1 is 1.42 bits per heavy atom. The number of piperidine rings is 1. The normalized spacial score (nSPS) is 20.1. The second-order valence-electron chi connectivity index (χ2n) is 6.14. The van der Waals surface area contributed by atoms with Crippen LogP contribution in [0.2, 0.25) is 0 Å². The molecule has 0 radical (unpaired) electrons. The fraction of sp³-hybridized carbons (Fsp3) is 0.688. The average molecular weight is 261 g/mol. The van der Waals surface area contributed by atoms with Gasteiger partial charge >= 0.3 is 0 Å². The van der Waals surface area contributed by atoms with Gasteiger partial charge in [-0.25, -0.2) is 4.98 Å². The van der Waals surface area contributed by atoms with E-state index in [9.17, 15) is 0 Å². The molecule has 0 amide bonds. The fourth-order valence-electron chi connectivity index (χ4n) is 2.76. The van der Waals surface area contributed by atoms with E-state index in [-0.39, 0.29) is 0 Å². The highest BCUT2D eigenvalue weighted by Gasteiger charge is 2.18. The van der Waals surface area contributed by atoms with Gasteiger partial charge in [-0.3, -0.25) is 0 Å². The summed E-state index contributed by atoms with van der Waals surface area (Å²) in [4.78, 5) is 7.33. The summed E-state index contributed by atoms with van der Waals surface area (Å²) in [5.74, 6) is 2.44. The first kappa shape index (κ1) is 14.3. The van der Waals surface area contributed by atoms with Gasteiger partial charge in [-0.2, -0.15) is 0 Å². The van der Waals surface area contributed by atoms with Gasteiger partial charge in [-0.1, -0.05) is 20.8 Å². The van der Waals surface area contributed by atoms with Crippen LogP contribution in [0.1, 0.15) is 50.8 Å². The van der Waals surface area contributed by atoms with Crippen LogP contribution in [0.4, 0.5) is 5.82 Å². The molecule has 19 heavy (non-hydrogen) atoms. The minimum Gasteiger partial charge on any atom is -0.356 e. The molecule has 1 atom stereocenters. The van der Waals surface area contributed by atoms with E-state index in [1.807, 2.05) is 7.05 Å². The van der Waals surface area contributed by atoms with Crippen LogP contribution in [0, 0.1) is 5.92 Å². The summed E-state index contributed by atoms with van der Waals surface area (Å²) in [7, 11) is 2.00. The van der Waals surface area contributed by atoms with E-state index in [1.54, 1.807) is 0 Å². The smallest absolute Gasteiger partial charge is 0.129 e. The van der Waals surface area contributed by atoms with Crippen LogP contribution in [-0.2, 0) is 6.54 Å². The molecule has 2 rings (SSSR count). The Bertz CT molecular complexity index is 414. The molecule has 0 spiro atoms. The molecule has 1 unspecified atom stereocenters. The van der Waals surface area contributed by atoms with Crippen LogP contribution in [0.3, 0.4) is 0 Å². The van der Waals surface area contributed by atoms with Crippen LogP contribution in [0.15, 0.2) is 12.1 Å². The van der Waals surface area contributed by atoms with Crippen LogP contribution in [0.5, 0.6) is 0 Å². The number of aromatic nitrogens is 1. The van der Waals surface area contributed by atoms with Crippen molar-refractivity contribution >= 4 is 5.82 Å². The second kappa shape index (κ2) is 6.38. The number of pyridine rings is 1. The average Bonchev–Trinajstić information content (AvgIpc) is 2.38. The molecule has 3 heteroatoms. The number of hydrogen-bond acceptors (Lipinski definition) is 3. The second-order valence-corrected chi connectivity index (χ2v) is 6.14. The maximum atomic E-state index is 4.87. The van der Waals surface area contributed by atoms with Gasteiger partial charge in [0.05, 0.1) is 0 Å². The lowest BCUT2D eigenvalue weighted by Gasteiger charge is -2.32. The highest BCUT2D eigenvalue weighted by molar-refractivity contribution is 5.43. The molecule has 1 aromatic heterocycles. The number of hydrogen-bond donors (Lipinski definition) is 1. The third-order valence-corrected chi connectivity index (χ3v) is 3.84. The number of anilines is 1. The zero-order valence-electron chi connectivity index (χ0n) is 12.7. The van der Waals surface area contributed by atoms with Crippen LogP contribution in [-0.4, -0.2) is 25.1 Å². The summed E-state index contributed by atoms with van der Waals surface area (Å²) in [6.45, 7) is 9.99. The summed E-state index contributed by atoms with van der Waals surface area (Å²) in [6.07, 6.45) is 2.64. The molecular formula is C16H27N3. The largest absolute Gasteiger partial charge is 0.356 e. The topological polar surface area (TPSA) is 28.2 Å². The van der Waals surface area contributed by atoms with Crippen molar-refractivity contribution in [1.82, 2.24) is 10.3 Å². The molecular weight excluding hydrogens is 234 g/mol. The van der Waals surface area contributed by atoms with Crippen LogP contribution in [0.25, 0.3) is 0 Å². The van der Waals surface area contributed by atoms with Gasteiger partial charge < -0.3 is 10.2 Å². The maximum absolute atomic E-state index is 4.87. The number of nitrogens with zero attached hydrogens (tertiary/aromatic N) is 2. The standard InChI is InChI=1S/C16H27N3/c1-12(2)15-8-14(10-17-4)9-16(18-15)19-7-5-6-13(3)11-19/h8-9,12-13,17H,5-7,10-11H2,1-4H3. The predicted molar refractivity (Wildman–Crippen MR) is 81.7 cm³/mol. The van der Waals surface area contributed by atoms with Crippen molar-refractivity contribution in [3.8, 4) is 0 Å². The molecule has 1 aliphatic heterocycles. The molecule has 0 bridgehead atoms. The zero-order chi connectivity index (χ0) is 13.8. The third-order valence-electron chi connectivity index (χ3n) is 3.84. The predicted octanol–water partition coefficient (Wildman–Crippen LogP) is 3.16. The number of rotatable bonds is 4. The van der Waals surface area contributed by atoms with Crippen molar-refractivity contribution in [2.24, 2.45) is 5.92 Å². The number of nitrogens with one attached hydrogen (secondary N) is 1. The van der Waals surface area contributed by atoms with Crippen molar-refractivity contribution in [3.05, 3.63) is 23.4 Å². The van der Waals surface area contributed by atoms with Crippen molar-refractivity contribution < 1.29 is 0 Å². The first-order valence-electron chi connectivity index (χ1n) is 7.50. The Morgan fingerprint density at radius 2 is 2.21 bits per heavy atom. The molecule has 3 nitrogen and oxygen atoms in total. The molecule has 1 saturated heterocycles. The Hall–Kier alpha value is -1.09. The molecule has 0 aliphatic carbocycles. The highest BCUT2D eigenvalue weighted by atomic mass is 15.2. The van der Waals surface area contributed by atoms with Gasteiger partial charge in [-0.15, -0.1) is 0 Å². The van der Waals surface area contributed by atoms with E-state index in [0.29, 0.717) is 5.92 Å². The van der Waals surface area contributed by atoms with Crippen molar-refractivity contribution in [2.75, 3.05) is 25.0 Å². The van der Waals surface area contributed by atoms with E-state index in [2.05, 4.69) is 43.1 Å². The Kier molecular flexibility index (Phi) is 4.81. The summed E-state index contributed by atoms with van der Waals surface area (Å²) < 4.78 is 0. The Balaban J connectivity index is 2.27. The van der Waals surface area contributed by atoms with Gasteiger partial charge in [0.1, 0.15) is 5.82 Å². The van der Waals surface area contributed by atoms with Crippen molar-refractivity contribution in [3.63, 3.8) is 0 Å². The van der Waals surface area contributed by atoms with Crippen LogP contribution >= 0.6 is 0 Å². The van der Waals surface area contributed by atoms with Crippen molar-refractivity contribution in [1.29, 1.82) is 0 Å². The van der Waals surface area contributed by atoms with Crippen LogP contribution < -0.4 is 10.2 Å². The lowest BCUT2D eigenvalue weighted by atomic mass is 10.00. The molecule has 1 fully saturated rings. The summed E-state index contributed by atoms with van der Waals surface area (Å²) >= 11 is 0. The first-order valence-corrected chi connectivity index (χ1v) is 7.50. The Morgan fingerprint density at radius 3 is 2.84 bits per heavy atom. The molecule has 0 aromatic carbocycles. The minimum absolute atomic E-state index is 0.484. The monoisotopic (exact) mass is 261 g/mol. The first-order chi connectivity index (χ1) is 9.10. The van der Waals surface area contributed by atoms with E-state index < -0.39 is 0 Å². The molecule has 1 N–H and O–H groups in total. The molecule has 106 valence electrons. The zero-order valence-corrected chi connectivity index (χ0v) is 12.7. The molecule has 0 saturated carbocycles. The maximum Gasteiger partial charge on any atom is 0.129 e. The molecule has 2 heterocycles. The quantitative estimate of drug-likeness (QED) is 0.902. The Labute approximate surface area is 117 Å².